The van der Waals surface area contributed by atoms with E-state index in [9.17, 15) is 9.90 Å². The summed E-state index contributed by atoms with van der Waals surface area (Å²) in [7, 11) is 0. The van der Waals surface area contributed by atoms with Crippen LogP contribution < -0.4 is 10.2 Å². The molecule has 2 N–H and O–H groups in total. The highest BCUT2D eigenvalue weighted by molar-refractivity contribution is 5.96. The third kappa shape index (κ3) is 2.18. The Kier molecular flexibility index (Phi) is 3.42. The predicted octanol–water partition coefficient (Wildman–Crippen LogP) is 2.19. The number of aromatic hydroxyl groups is 1. The highest BCUT2D eigenvalue weighted by atomic mass is 16.3. The van der Waals surface area contributed by atoms with E-state index in [0.29, 0.717) is 18.6 Å². The van der Waals surface area contributed by atoms with Gasteiger partial charge in [-0.05, 0) is 44.7 Å². The van der Waals surface area contributed by atoms with Crippen molar-refractivity contribution in [3.63, 3.8) is 0 Å². The van der Waals surface area contributed by atoms with Gasteiger partial charge in [-0.25, -0.2) is 0 Å². The first-order chi connectivity index (χ1) is 9.60. The molecule has 2 aliphatic heterocycles. The molecule has 0 saturated carbocycles. The van der Waals surface area contributed by atoms with Crippen LogP contribution in [-0.2, 0) is 4.79 Å². The molecule has 0 aromatic heterocycles. The van der Waals surface area contributed by atoms with Crippen LogP contribution in [0.3, 0.4) is 0 Å². The summed E-state index contributed by atoms with van der Waals surface area (Å²) in [5.74, 6) is 0.499. The van der Waals surface area contributed by atoms with Crippen molar-refractivity contribution in [1.29, 1.82) is 0 Å². The van der Waals surface area contributed by atoms with Crippen molar-refractivity contribution >= 4 is 11.6 Å². The molecular weight excluding hydrogens is 252 g/mol. The van der Waals surface area contributed by atoms with Crippen molar-refractivity contribution in [3.05, 3.63) is 23.8 Å². The van der Waals surface area contributed by atoms with Crippen molar-refractivity contribution < 1.29 is 9.90 Å². The van der Waals surface area contributed by atoms with Crippen LogP contribution in [0.1, 0.15) is 31.7 Å². The Morgan fingerprint density at radius 3 is 2.85 bits per heavy atom. The van der Waals surface area contributed by atoms with Crippen LogP contribution in [0.25, 0.3) is 0 Å². The number of phenolic OH excluding ortho intramolecular Hbond substituents is 1. The van der Waals surface area contributed by atoms with Crippen LogP contribution in [-0.4, -0.2) is 29.6 Å². The van der Waals surface area contributed by atoms with Crippen molar-refractivity contribution in [2.75, 3.05) is 11.4 Å². The van der Waals surface area contributed by atoms with Crippen LogP contribution in [0.2, 0.25) is 0 Å². The standard InChI is InChI=1S/C16H22N2O2/c1-3-18(15-9-12(19)6-4-10(15)2)16(20)13-8-11-5-7-14(13)17-11/h4,6,9,11,13-14,17,19H,3,5,7-8H2,1-2H3. The molecule has 0 aliphatic carbocycles. The Hall–Kier alpha value is -1.55. The van der Waals surface area contributed by atoms with Crippen LogP contribution in [0.4, 0.5) is 5.69 Å². The number of carbonyl (C=O) groups is 1. The minimum atomic E-state index is 0.0930. The lowest BCUT2D eigenvalue weighted by Gasteiger charge is -2.29. The lowest BCUT2D eigenvalue weighted by molar-refractivity contribution is -0.122. The van der Waals surface area contributed by atoms with Crippen LogP contribution in [0, 0.1) is 12.8 Å². The molecule has 3 rings (SSSR count). The molecule has 2 fully saturated rings. The molecule has 3 unspecified atom stereocenters. The van der Waals surface area contributed by atoms with Crippen molar-refractivity contribution in [1.82, 2.24) is 5.32 Å². The van der Waals surface area contributed by atoms with E-state index < -0.39 is 0 Å². The Balaban J connectivity index is 1.86. The monoisotopic (exact) mass is 274 g/mol. The smallest absolute Gasteiger partial charge is 0.231 e. The number of nitrogens with one attached hydrogen (secondary N) is 1. The summed E-state index contributed by atoms with van der Waals surface area (Å²) in [6.45, 7) is 4.60. The summed E-state index contributed by atoms with van der Waals surface area (Å²) < 4.78 is 0. The molecule has 4 heteroatoms. The van der Waals surface area contributed by atoms with Gasteiger partial charge in [0, 0.05) is 24.7 Å². The summed E-state index contributed by atoms with van der Waals surface area (Å²) in [6, 6.07) is 6.09. The first-order valence-corrected chi connectivity index (χ1v) is 7.47. The van der Waals surface area contributed by atoms with Gasteiger partial charge in [-0.1, -0.05) is 6.07 Å². The quantitative estimate of drug-likeness (QED) is 0.888. The van der Waals surface area contributed by atoms with Crippen LogP contribution in [0.5, 0.6) is 5.75 Å². The van der Waals surface area contributed by atoms with Gasteiger partial charge in [-0.15, -0.1) is 0 Å². The SMILES string of the molecule is CCN(C(=O)C1CC2CCC1N2)c1cc(O)ccc1C. The van der Waals surface area contributed by atoms with E-state index in [-0.39, 0.29) is 17.6 Å². The molecule has 0 radical (unpaired) electrons. The molecular formula is C16H22N2O2. The number of phenols is 1. The molecule has 2 heterocycles. The second-order valence-electron chi connectivity index (χ2n) is 5.94. The zero-order chi connectivity index (χ0) is 14.3. The zero-order valence-electron chi connectivity index (χ0n) is 12.1. The topological polar surface area (TPSA) is 52.6 Å². The van der Waals surface area contributed by atoms with Crippen molar-refractivity contribution in [2.45, 2.75) is 45.2 Å². The zero-order valence-corrected chi connectivity index (χ0v) is 12.1. The van der Waals surface area contributed by atoms with E-state index >= 15 is 0 Å². The number of rotatable bonds is 3. The lowest BCUT2D eigenvalue weighted by Crippen LogP contribution is -2.41. The molecule has 20 heavy (non-hydrogen) atoms. The van der Waals surface area contributed by atoms with E-state index in [2.05, 4.69) is 5.32 Å². The third-order valence-corrected chi connectivity index (χ3v) is 4.68. The lowest BCUT2D eigenvalue weighted by atomic mass is 9.88. The van der Waals surface area contributed by atoms with E-state index in [1.807, 2.05) is 24.8 Å². The van der Waals surface area contributed by atoms with Gasteiger partial charge >= 0.3 is 0 Å². The molecule has 2 bridgehead atoms. The minimum Gasteiger partial charge on any atom is -0.508 e. The molecule has 2 saturated heterocycles. The van der Waals surface area contributed by atoms with E-state index in [4.69, 9.17) is 0 Å². The van der Waals surface area contributed by atoms with Gasteiger partial charge in [0.2, 0.25) is 5.91 Å². The highest BCUT2D eigenvalue weighted by Crippen LogP contribution is 2.36. The molecule has 4 nitrogen and oxygen atoms in total. The van der Waals surface area contributed by atoms with Gasteiger partial charge in [0.15, 0.2) is 0 Å². The fourth-order valence-electron chi connectivity index (χ4n) is 3.63. The van der Waals surface area contributed by atoms with Crippen molar-refractivity contribution in [2.24, 2.45) is 5.92 Å². The molecule has 1 aromatic carbocycles. The number of hydrogen-bond donors (Lipinski definition) is 2. The fraction of sp³-hybridized carbons (Fsp3) is 0.562. The Morgan fingerprint density at radius 1 is 1.45 bits per heavy atom. The maximum absolute atomic E-state index is 12.8. The normalized spacial score (nSPS) is 27.8. The maximum Gasteiger partial charge on any atom is 0.231 e. The second-order valence-corrected chi connectivity index (χ2v) is 5.94. The fourth-order valence-corrected chi connectivity index (χ4v) is 3.63. The first-order valence-electron chi connectivity index (χ1n) is 7.47. The number of benzene rings is 1. The average molecular weight is 274 g/mol. The van der Waals surface area contributed by atoms with Gasteiger partial charge < -0.3 is 15.3 Å². The first kappa shape index (κ1) is 13.4. The molecule has 1 amide bonds. The van der Waals surface area contributed by atoms with E-state index in [1.165, 1.54) is 6.42 Å². The number of anilines is 1. The summed E-state index contributed by atoms with van der Waals surface area (Å²) in [6.07, 6.45) is 3.27. The molecule has 1 aromatic rings. The Bertz CT molecular complexity index is 529. The van der Waals surface area contributed by atoms with Gasteiger partial charge in [0.1, 0.15) is 5.75 Å². The van der Waals surface area contributed by atoms with Crippen molar-refractivity contribution in [3.8, 4) is 5.75 Å². The number of fused-ring (bicyclic) bond motifs is 2. The number of aryl methyl sites for hydroxylation is 1. The second kappa shape index (κ2) is 5.09. The summed E-state index contributed by atoms with van der Waals surface area (Å²) in [5.41, 5.74) is 1.86. The summed E-state index contributed by atoms with van der Waals surface area (Å²) in [4.78, 5) is 14.7. The van der Waals surface area contributed by atoms with E-state index in [1.54, 1.807) is 12.1 Å². The van der Waals surface area contributed by atoms with E-state index in [0.717, 1.165) is 24.1 Å². The Morgan fingerprint density at radius 2 is 2.25 bits per heavy atom. The molecule has 2 aliphatic rings. The predicted molar refractivity (Wildman–Crippen MR) is 78.9 cm³/mol. The molecule has 0 spiro atoms. The average Bonchev–Trinajstić information content (AvgIpc) is 3.05. The van der Waals surface area contributed by atoms with Gasteiger partial charge in [-0.3, -0.25) is 4.79 Å². The number of hydrogen-bond acceptors (Lipinski definition) is 3. The van der Waals surface area contributed by atoms with Gasteiger partial charge in [0.25, 0.3) is 0 Å². The number of amides is 1. The minimum absolute atomic E-state index is 0.0930. The summed E-state index contributed by atoms with van der Waals surface area (Å²) in [5, 5.41) is 13.2. The largest absolute Gasteiger partial charge is 0.508 e. The highest BCUT2D eigenvalue weighted by Gasteiger charge is 2.44. The third-order valence-electron chi connectivity index (χ3n) is 4.68. The molecule has 3 atom stereocenters. The number of nitrogens with zero attached hydrogens (tertiary/aromatic N) is 1. The summed E-state index contributed by atoms with van der Waals surface area (Å²) >= 11 is 0. The number of carbonyl (C=O) groups excluding carboxylic acids is 1. The maximum atomic E-state index is 12.8. The van der Waals surface area contributed by atoms with Gasteiger partial charge in [-0.2, -0.15) is 0 Å². The van der Waals surface area contributed by atoms with Crippen LogP contribution >= 0.6 is 0 Å². The molecule has 108 valence electrons. The van der Waals surface area contributed by atoms with Crippen LogP contribution in [0.15, 0.2) is 18.2 Å². The van der Waals surface area contributed by atoms with Gasteiger partial charge in [0.05, 0.1) is 11.6 Å². The Labute approximate surface area is 119 Å².